The van der Waals surface area contributed by atoms with Crippen LogP contribution < -0.4 is 10.1 Å². The van der Waals surface area contributed by atoms with Gasteiger partial charge in [-0.2, -0.15) is 5.26 Å². The number of para-hydroxylation sites is 1. The first kappa shape index (κ1) is 14.6. The Morgan fingerprint density at radius 1 is 1.29 bits per heavy atom. The van der Waals surface area contributed by atoms with Gasteiger partial charge in [-0.25, -0.2) is 0 Å². The molecule has 4 rings (SSSR count). The third-order valence-corrected chi connectivity index (χ3v) is 5.08. The molecule has 1 aliphatic heterocycles. The molecule has 4 nitrogen and oxygen atoms in total. The van der Waals surface area contributed by atoms with E-state index >= 15 is 0 Å². The van der Waals surface area contributed by atoms with E-state index in [1.807, 2.05) is 18.2 Å². The Labute approximate surface area is 141 Å². The fraction of sp³-hybridized carbons (Fsp3) is 0.250. The van der Waals surface area contributed by atoms with E-state index in [2.05, 4.69) is 29.6 Å². The Hall–Kier alpha value is -2.93. The second-order valence-corrected chi connectivity index (χ2v) is 6.29. The van der Waals surface area contributed by atoms with Gasteiger partial charge in [-0.3, -0.25) is 0 Å². The fourth-order valence-corrected chi connectivity index (χ4v) is 3.95. The second kappa shape index (κ2) is 5.61. The number of aromatic hydroxyl groups is 1. The molecule has 0 aromatic heterocycles. The van der Waals surface area contributed by atoms with E-state index in [9.17, 15) is 10.4 Å². The molecule has 1 aliphatic carbocycles. The van der Waals surface area contributed by atoms with Crippen molar-refractivity contribution in [1.82, 2.24) is 0 Å². The highest BCUT2D eigenvalue weighted by atomic mass is 16.5. The Morgan fingerprint density at radius 3 is 2.92 bits per heavy atom. The van der Waals surface area contributed by atoms with Crippen LogP contribution in [0.4, 0.5) is 5.69 Å². The van der Waals surface area contributed by atoms with Gasteiger partial charge in [0.1, 0.15) is 6.07 Å². The number of allylic oxidation sites excluding steroid dienone is 2. The van der Waals surface area contributed by atoms with E-state index in [0.29, 0.717) is 23.1 Å². The van der Waals surface area contributed by atoms with E-state index in [4.69, 9.17) is 4.74 Å². The monoisotopic (exact) mass is 318 g/mol. The molecule has 2 aromatic rings. The summed E-state index contributed by atoms with van der Waals surface area (Å²) in [6, 6.07) is 13.7. The number of nitrogens with zero attached hydrogens (tertiary/aromatic N) is 1. The zero-order valence-electron chi connectivity index (χ0n) is 13.4. The number of phenolic OH excluding ortho intramolecular Hbond substituents is 1. The average Bonchev–Trinajstić information content (AvgIpc) is 3.10. The van der Waals surface area contributed by atoms with E-state index in [1.54, 1.807) is 19.2 Å². The average molecular weight is 318 g/mol. The van der Waals surface area contributed by atoms with Gasteiger partial charge in [0.2, 0.25) is 0 Å². The van der Waals surface area contributed by atoms with Crippen LogP contribution in [0.3, 0.4) is 0 Å². The maximum atomic E-state index is 10.1. The zero-order chi connectivity index (χ0) is 16.7. The lowest BCUT2D eigenvalue weighted by Gasteiger charge is -2.38. The van der Waals surface area contributed by atoms with E-state index in [0.717, 1.165) is 17.7 Å². The van der Waals surface area contributed by atoms with Crippen molar-refractivity contribution >= 4 is 5.69 Å². The lowest BCUT2D eigenvalue weighted by Crippen LogP contribution is -2.29. The van der Waals surface area contributed by atoms with Gasteiger partial charge in [-0.05, 0) is 41.7 Å². The SMILES string of the molecule is COc1ccc(C2Nc3c(C#N)cccc3C3C=CCC32)cc1O. The van der Waals surface area contributed by atoms with E-state index in [-0.39, 0.29) is 11.8 Å². The molecule has 0 amide bonds. The van der Waals surface area contributed by atoms with Crippen molar-refractivity contribution in [2.75, 3.05) is 12.4 Å². The molecule has 0 radical (unpaired) electrons. The summed E-state index contributed by atoms with van der Waals surface area (Å²) in [5, 5.41) is 23.1. The molecule has 3 unspecified atom stereocenters. The minimum Gasteiger partial charge on any atom is -0.504 e. The number of fused-ring (bicyclic) bond motifs is 3. The molecular formula is C20H18N2O2. The molecule has 0 spiro atoms. The lowest BCUT2D eigenvalue weighted by molar-refractivity contribution is 0.371. The van der Waals surface area contributed by atoms with Crippen LogP contribution >= 0.6 is 0 Å². The first-order valence-corrected chi connectivity index (χ1v) is 8.06. The van der Waals surface area contributed by atoms with Crippen LogP contribution in [0, 0.1) is 17.2 Å². The number of hydrogen-bond donors (Lipinski definition) is 2. The largest absolute Gasteiger partial charge is 0.504 e. The first-order chi connectivity index (χ1) is 11.7. The molecule has 4 heteroatoms. The Kier molecular flexibility index (Phi) is 3.42. The van der Waals surface area contributed by atoms with Crippen molar-refractivity contribution < 1.29 is 9.84 Å². The summed E-state index contributed by atoms with van der Waals surface area (Å²) in [7, 11) is 1.54. The molecule has 2 aliphatic rings. The summed E-state index contributed by atoms with van der Waals surface area (Å²) in [4.78, 5) is 0. The molecule has 0 bridgehead atoms. The van der Waals surface area contributed by atoms with Crippen LogP contribution in [-0.4, -0.2) is 12.2 Å². The van der Waals surface area contributed by atoms with Gasteiger partial charge < -0.3 is 15.2 Å². The van der Waals surface area contributed by atoms with Gasteiger partial charge in [0.25, 0.3) is 0 Å². The van der Waals surface area contributed by atoms with Crippen molar-refractivity contribution in [3.05, 3.63) is 65.2 Å². The van der Waals surface area contributed by atoms with Gasteiger partial charge in [-0.15, -0.1) is 0 Å². The third-order valence-electron chi connectivity index (χ3n) is 5.08. The van der Waals surface area contributed by atoms with Crippen LogP contribution in [0.1, 0.15) is 35.1 Å². The van der Waals surface area contributed by atoms with Crippen LogP contribution in [0.5, 0.6) is 11.5 Å². The van der Waals surface area contributed by atoms with Crippen molar-refractivity contribution in [3.63, 3.8) is 0 Å². The molecule has 0 saturated heterocycles. The number of anilines is 1. The minimum atomic E-state index is 0.0452. The van der Waals surface area contributed by atoms with Crippen LogP contribution in [0.25, 0.3) is 0 Å². The maximum absolute atomic E-state index is 10.1. The van der Waals surface area contributed by atoms with Gasteiger partial charge in [-0.1, -0.05) is 30.4 Å². The summed E-state index contributed by atoms with van der Waals surface area (Å²) in [5.41, 5.74) is 3.76. The maximum Gasteiger partial charge on any atom is 0.160 e. The number of methoxy groups -OCH3 is 1. The van der Waals surface area contributed by atoms with Crippen molar-refractivity contribution in [3.8, 4) is 17.6 Å². The Bertz CT molecular complexity index is 866. The number of rotatable bonds is 2. The minimum absolute atomic E-state index is 0.0452. The number of hydrogen-bond acceptors (Lipinski definition) is 4. The summed E-state index contributed by atoms with van der Waals surface area (Å²) in [6.45, 7) is 0. The van der Waals surface area contributed by atoms with Gasteiger partial charge in [0.15, 0.2) is 11.5 Å². The van der Waals surface area contributed by atoms with E-state index in [1.165, 1.54) is 5.56 Å². The van der Waals surface area contributed by atoms with Crippen molar-refractivity contribution in [2.24, 2.45) is 5.92 Å². The molecule has 2 aromatic carbocycles. The van der Waals surface area contributed by atoms with Crippen LogP contribution in [-0.2, 0) is 0 Å². The predicted molar refractivity (Wildman–Crippen MR) is 92.2 cm³/mol. The number of benzene rings is 2. The number of phenols is 1. The van der Waals surface area contributed by atoms with Crippen LogP contribution in [0.2, 0.25) is 0 Å². The smallest absolute Gasteiger partial charge is 0.160 e. The van der Waals surface area contributed by atoms with Gasteiger partial charge >= 0.3 is 0 Å². The Morgan fingerprint density at radius 2 is 2.17 bits per heavy atom. The van der Waals surface area contributed by atoms with Gasteiger partial charge in [0, 0.05) is 5.92 Å². The lowest BCUT2D eigenvalue weighted by atomic mass is 9.76. The summed E-state index contributed by atoms with van der Waals surface area (Å²) in [5.74, 6) is 1.27. The first-order valence-electron chi connectivity index (χ1n) is 8.06. The van der Waals surface area contributed by atoms with Gasteiger partial charge in [0.05, 0.1) is 24.4 Å². The summed E-state index contributed by atoms with van der Waals surface area (Å²) in [6.07, 6.45) is 5.43. The molecule has 0 saturated carbocycles. The third kappa shape index (κ3) is 2.13. The molecule has 3 atom stereocenters. The molecule has 120 valence electrons. The second-order valence-electron chi connectivity index (χ2n) is 6.29. The fourth-order valence-electron chi connectivity index (χ4n) is 3.95. The quantitative estimate of drug-likeness (QED) is 0.818. The van der Waals surface area contributed by atoms with E-state index < -0.39 is 0 Å². The topological polar surface area (TPSA) is 65.3 Å². The number of ether oxygens (including phenoxy) is 1. The molecular weight excluding hydrogens is 300 g/mol. The normalized spacial score (nSPS) is 23.8. The highest BCUT2D eigenvalue weighted by molar-refractivity contribution is 5.68. The predicted octanol–water partition coefficient (Wildman–Crippen LogP) is 4.10. The Balaban J connectivity index is 1.81. The highest BCUT2D eigenvalue weighted by Crippen LogP contribution is 2.51. The van der Waals surface area contributed by atoms with Crippen molar-refractivity contribution in [1.29, 1.82) is 5.26 Å². The molecule has 1 heterocycles. The number of nitrogens with one attached hydrogen (secondary N) is 1. The molecule has 2 N–H and O–H groups in total. The highest BCUT2D eigenvalue weighted by Gasteiger charge is 2.38. The van der Waals surface area contributed by atoms with Crippen LogP contribution in [0.15, 0.2) is 48.6 Å². The molecule has 0 fully saturated rings. The van der Waals surface area contributed by atoms with Crippen molar-refractivity contribution in [2.45, 2.75) is 18.4 Å². The molecule has 24 heavy (non-hydrogen) atoms. The standard InChI is InChI=1S/C20H18N2O2/c1-24-18-9-8-12(10-17(18)23)19-15-7-3-5-14(15)16-6-2-4-13(11-21)20(16)22-19/h2-6,8-10,14-15,19,22-23H,7H2,1H3. The number of nitriles is 1. The summed E-state index contributed by atoms with van der Waals surface area (Å²) >= 11 is 0. The summed E-state index contributed by atoms with van der Waals surface area (Å²) < 4.78 is 5.14. The zero-order valence-corrected chi connectivity index (χ0v) is 13.4.